The second kappa shape index (κ2) is 6.62. The van der Waals surface area contributed by atoms with Crippen LogP contribution in [0.4, 0.5) is 0 Å². The summed E-state index contributed by atoms with van der Waals surface area (Å²) in [6, 6.07) is 3.78. The summed E-state index contributed by atoms with van der Waals surface area (Å²) in [5.41, 5.74) is 0.310. The molecule has 1 aromatic heterocycles. The molecular weight excluding hydrogens is 268 g/mol. The van der Waals surface area contributed by atoms with E-state index < -0.39 is 5.97 Å². The highest BCUT2D eigenvalue weighted by atomic mass is 16.5. The van der Waals surface area contributed by atoms with E-state index in [0.717, 1.165) is 39.1 Å². The Morgan fingerprint density at radius 1 is 1.38 bits per heavy atom. The maximum atomic E-state index is 11.2. The normalized spacial score (nSPS) is 18.0. The fraction of sp³-hybridized carbons (Fsp3) is 0.688. The van der Waals surface area contributed by atoms with Gasteiger partial charge in [0.2, 0.25) is 0 Å². The molecule has 0 radical (unpaired) electrons. The fourth-order valence-electron chi connectivity index (χ4n) is 2.80. The molecule has 21 heavy (non-hydrogen) atoms. The first kappa shape index (κ1) is 16.0. The first-order chi connectivity index (χ1) is 9.87. The summed E-state index contributed by atoms with van der Waals surface area (Å²) in [6.07, 6.45) is 3.86. The Bertz CT molecular complexity index is 468. The van der Waals surface area contributed by atoms with E-state index in [1.807, 2.05) is 16.8 Å². The highest BCUT2D eigenvalue weighted by Crippen LogP contribution is 2.24. The Morgan fingerprint density at radius 2 is 2.05 bits per heavy atom. The van der Waals surface area contributed by atoms with Crippen molar-refractivity contribution < 1.29 is 14.6 Å². The van der Waals surface area contributed by atoms with Gasteiger partial charge in [-0.2, -0.15) is 0 Å². The number of rotatable bonds is 5. The number of ether oxygens (including phenoxy) is 1. The molecule has 2 heterocycles. The lowest BCUT2D eigenvalue weighted by atomic mass is 10.0. The molecule has 1 aromatic rings. The smallest absolute Gasteiger partial charge is 0.352 e. The molecule has 1 fully saturated rings. The van der Waals surface area contributed by atoms with Crippen LogP contribution in [-0.2, 0) is 4.74 Å². The molecule has 0 saturated carbocycles. The van der Waals surface area contributed by atoms with Gasteiger partial charge in [-0.05, 0) is 45.7 Å². The van der Waals surface area contributed by atoms with E-state index in [1.165, 1.54) is 0 Å². The second-order valence-electron chi connectivity index (χ2n) is 6.64. The molecule has 1 N–H and O–H groups in total. The van der Waals surface area contributed by atoms with Crippen molar-refractivity contribution in [1.82, 2.24) is 9.47 Å². The maximum absolute atomic E-state index is 11.2. The summed E-state index contributed by atoms with van der Waals surface area (Å²) in [5, 5.41) is 9.18. The van der Waals surface area contributed by atoms with E-state index in [9.17, 15) is 9.90 Å². The summed E-state index contributed by atoms with van der Waals surface area (Å²) >= 11 is 0. The van der Waals surface area contributed by atoms with Crippen LogP contribution in [0.5, 0.6) is 0 Å². The number of carboxylic acids is 1. The van der Waals surface area contributed by atoms with Crippen molar-refractivity contribution in [2.24, 2.45) is 0 Å². The van der Waals surface area contributed by atoms with E-state index in [-0.39, 0.29) is 5.60 Å². The standard InChI is InChI=1S/C16H26N2O3/c1-16(2,3)21-12-11-17-9-6-13(7-10-17)18-8-4-5-14(18)15(19)20/h4-5,8,13H,6-7,9-12H2,1-3H3,(H,19,20). The number of carbonyl (C=O) groups is 1. The third-order valence-electron chi connectivity index (χ3n) is 3.89. The van der Waals surface area contributed by atoms with Crippen LogP contribution in [0.3, 0.4) is 0 Å². The van der Waals surface area contributed by atoms with Crippen LogP contribution in [0.25, 0.3) is 0 Å². The highest BCUT2D eigenvalue weighted by molar-refractivity contribution is 5.85. The number of aromatic nitrogens is 1. The minimum absolute atomic E-state index is 0.0835. The van der Waals surface area contributed by atoms with Gasteiger partial charge in [0.15, 0.2) is 0 Å². The third-order valence-corrected chi connectivity index (χ3v) is 3.89. The summed E-state index contributed by atoms with van der Waals surface area (Å²) < 4.78 is 7.67. The van der Waals surface area contributed by atoms with Gasteiger partial charge in [-0.3, -0.25) is 0 Å². The molecule has 0 bridgehead atoms. The van der Waals surface area contributed by atoms with E-state index in [1.54, 1.807) is 6.07 Å². The Hall–Kier alpha value is -1.33. The van der Waals surface area contributed by atoms with E-state index in [0.29, 0.717) is 11.7 Å². The average Bonchev–Trinajstić information content (AvgIpc) is 2.87. The third kappa shape index (κ3) is 4.58. The molecule has 1 aliphatic rings. The van der Waals surface area contributed by atoms with E-state index >= 15 is 0 Å². The Balaban J connectivity index is 1.80. The van der Waals surface area contributed by atoms with Crippen molar-refractivity contribution >= 4 is 5.97 Å². The molecule has 0 aromatic carbocycles. The van der Waals surface area contributed by atoms with Crippen LogP contribution >= 0.6 is 0 Å². The van der Waals surface area contributed by atoms with Gasteiger partial charge in [0.05, 0.1) is 12.2 Å². The molecule has 1 aliphatic heterocycles. The molecule has 2 rings (SSSR count). The zero-order chi connectivity index (χ0) is 15.5. The first-order valence-electron chi connectivity index (χ1n) is 7.63. The Kier molecular flexibility index (Phi) is 5.06. The predicted molar refractivity (Wildman–Crippen MR) is 81.8 cm³/mol. The van der Waals surface area contributed by atoms with Gasteiger partial charge in [-0.25, -0.2) is 4.79 Å². The molecule has 0 aliphatic carbocycles. The number of aromatic carboxylic acids is 1. The van der Waals surface area contributed by atoms with Gasteiger partial charge in [0.25, 0.3) is 0 Å². The van der Waals surface area contributed by atoms with E-state index in [2.05, 4.69) is 25.7 Å². The maximum Gasteiger partial charge on any atom is 0.352 e. The zero-order valence-corrected chi connectivity index (χ0v) is 13.2. The highest BCUT2D eigenvalue weighted by Gasteiger charge is 2.23. The molecular formula is C16H26N2O3. The number of nitrogens with zero attached hydrogens (tertiary/aromatic N) is 2. The summed E-state index contributed by atoms with van der Waals surface area (Å²) in [5.74, 6) is -0.846. The van der Waals surface area contributed by atoms with Gasteiger partial charge < -0.3 is 19.3 Å². The van der Waals surface area contributed by atoms with Gasteiger partial charge in [0.1, 0.15) is 5.69 Å². The van der Waals surface area contributed by atoms with E-state index in [4.69, 9.17) is 4.74 Å². The largest absolute Gasteiger partial charge is 0.477 e. The topological polar surface area (TPSA) is 54.7 Å². The lowest BCUT2D eigenvalue weighted by molar-refractivity contribution is -0.0159. The summed E-state index contributed by atoms with van der Waals surface area (Å²) in [7, 11) is 0. The van der Waals surface area contributed by atoms with Crippen molar-refractivity contribution in [3.05, 3.63) is 24.0 Å². The molecule has 0 spiro atoms. The first-order valence-corrected chi connectivity index (χ1v) is 7.63. The van der Waals surface area contributed by atoms with Crippen molar-refractivity contribution in [2.75, 3.05) is 26.2 Å². The molecule has 1 saturated heterocycles. The lowest BCUT2D eigenvalue weighted by Gasteiger charge is -2.33. The van der Waals surface area contributed by atoms with Crippen LogP contribution in [0.15, 0.2) is 18.3 Å². The van der Waals surface area contributed by atoms with Crippen LogP contribution < -0.4 is 0 Å². The number of carboxylic acid groups (broad SMARTS) is 1. The zero-order valence-electron chi connectivity index (χ0n) is 13.2. The van der Waals surface area contributed by atoms with Crippen molar-refractivity contribution in [3.63, 3.8) is 0 Å². The second-order valence-corrected chi connectivity index (χ2v) is 6.64. The van der Waals surface area contributed by atoms with Gasteiger partial charge in [0, 0.05) is 31.9 Å². The number of likely N-dealkylation sites (tertiary alicyclic amines) is 1. The lowest BCUT2D eigenvalue weighted by Crippen LogP contribution is -2.38. The monoisotopic (exact) mass is 294 g/mol. The molecule has 0 amide bonds. The van der Waals surface area contributed by atoms with Crippen LogP contribution in [-0.4, -0.2) is 52.4 Å². The predicted octanol–water partition coefficient (Wildman–Crippen LogP) is 2.64. The average molecular weight is 294 g/mol. The fourth-order valence-corrected chi connectivity index (χ4v) is 2.80. The number of hydrogen-bond donors (Lipinski definition) is 1. The molecule has 5 heteroatoms. The van der Waals surface area contributed by atoms with Crippen LogP contribution in [0.1, 0.15) is 50.1 Å². The molecule has 5 nitrogen and oxygen atoms in total. The van der Waals surface area contributed by atoms with Gasteiger partial charge >= 0.3 is 5.97 Å². The van der Waals surface area contributed by atoms with Gasteiger partial charge in [-0.1, -0.05) is 0 Å². The Morgan fingerprint density at radius 3 is 2.62 bits per heavy atom. The minimum atomic E-state index is -0.846. The van der Waals surface area contributed by atoms with Crippen molar-refractivity contribution in [2.45, 2.75) is 45.3 Å². The summed E-state index contributed by atoms with van der Waals surface area (Å²) in [6.45, 7) is 9.89. The van der Waals surface area contributed by atoms with Crippen molar-refractivity contribution in [1.29, 1.82) is 0 Å². The SMILES string of the molecule is CC(C)(C)OCCN1CCC(n2cccc2C(=O)O)CC1. The Labute approximate surface area is 126 Å². The number of hydrogen-bond acceptors (Lipinski definition) is 3. The van der Waals surface area contributed by atoms with Crippen LogP contribution in [0, 0.1) is 0 Å². The summed E-state index contributed by atoms with van der Waals surface area (Å²) in [4.78, 5) is 13.6. The molecule has 118 valence electrons. The quantitative estimate of drug-likeness (QED) is 0.907. The number of piperidine rings is 1. The van der Waals surface area contributed by atoms with Crippen LogP contribution in [0.2, 0.25) is 0 Å². The minimum Gasteiger partial charge on any atom is -0.477 e. The van der Waals surface area contributed by atoms with Crippen molar-refractivity contribution in [3.8, 4) is 0 Å². The molecule has 0 unspecified atom stereocenters. The van der Waals surface area contributed by atoms with Gasteiger partial charge in [-0.15, -0.1) is 0 Å². The molecule has 0 atom stereocenters.